The Bertz CT molecular complexity index is 552. The number of aliphatic hydroxyl groups excluding tert-OH is 2. The molecule has 1 rings (SSSR count). The molecule has 1 aromatic rings. The molecule has 6 heteroatoms. The first-order valence-electron chi connectivity index (χ1n) is 6.83. The third-order valence-electron chi connectivity index (χ3n) is 3.20. The van der Waals surface area contributed by atoms with Gasteiger partial charge in [-0.25, -0.2) is 8.42 Å². The summed E-state index contributed by atoms with van der Waals surface area (Å²) >= 11 is 0. The molecule has 0 fully saturated rings. The number of benzene rings is 1. The van der Waals surface area contributed by atoms with Crippen molar-refractivity contribution >= 4 is 10.0 Å². The van der Waals surface area contributed by atoms with Crippen LogP contribution in [0.25, 0.3) is 0 Å². The van der Waals surface area contributed by atoms with Crippen molar-refractivity contribution in [2.75, 3.05) is 6.61 Å². The molecule has 1 aromatic carbocycles. The lowest BCUT2D eigenvalue weighted by atomic mass is 10.2. The van der Waals surface area contributed by atoms with Gasteiger partial charge in [0.25, 0.3) is 0 Å². The fraction of sp³-hybridized carbons (Fsp3) is 0.467. The van der Waals surface area contributed by atoms with Crippen LogP contribution in [0.1, 0.15) is 25.8 Å². The molecule has 0 aromatic heterocycles. The molecule has 0 heterocycles. The number of hydrogen-bond acceptors (Lipinski definition) is 4. The topological polar surface area (TPSA) is 77.8 Å². The molecule has 5 nitrogen and oxygen atoms in total. The van der Waals surface area contributed by atoms with Gasteiger partial charge in [-0.3, -0.25) is 0 Å². The van der Waals surface area contributed by atoms with E-state index in [4.69, 9.17) is 5.11 Å². The second-order valence-electron chi connectivity index (χ2n) is 5.09. The molecule has 0 unspecified atom stereocenters. The summed E-state index contributed by atoms with van der Waals surface area (Å²) in [6.07, 6.45) is 1.98. The molecule has 118 valence electrons. The minimum atomic E-state index is -3.71. The van der Waals surface area contributed by atoms with Gasteiger partial charge in [-0.05, 0) is 38.0 Å². The lowest BCUT2D eigenvalue weighted by Gasteiger charge is -2.32. The van der Waals surface area contributed by atoms with Crippen LogP contribution in [0.3, 0.4) is 0 Å². The summed E-state index contributed by atoms with van der Waals surface area (Å²) in [4.78, 5) is 0.149. The first-order valence-corrected chi connectivity index (χ1v) is 8.27. The second-order valence-corrected chi connectivity index (χ2v) is 6.93. The van der Waals surface area contributed by atoms with Crippen molar-refractivity contribution in [1.29, 1.82) is 0 Å². The highest BCUT2D eigenvalue weighted by Crippen LogP contribution is 2.23. The largest absolute Gasteiger partial charge is 0.395 e. The minimum absolute atomic E-state index is 0.135. The molecular formula is C15H23NO4S. The molecule has 0 aliphatic carbocycles. The Labute approximate surface area is 126 Å². The Morgan fingerprint density at radius 2 is 1.81 bits per heavy atom. The third kappa shape index (κ3) is 4.14. The van der Waals surface area contributed by atoms with Crippen molar-refractivity contribution in [1.82, 2.24) is 4.31 Å². The van der Waals surface area contributed by atoms with Crippen LogP contribution >= 0.6 is 0 Å². The zero-order valence-corrected chi connectivity index (χ0v) is 13.3. The molecule has 21 heavy (non-hydrogen) atoms. The van der Waals surface area contributed by atoms with Gasteiger partial charge < -0.3 is 10.2 Å². The zero-order chi connectivity index (χ0) is 16.0. The SMILES string of the molecule is C=CC[C@@H](CO)N(C(C)C)S(=O)(=O)c1ccc(CO)cc1. The van der Waals surface area contributed by atoms with E-state index in [1.807, 2.05) is 0 Å². The standard InChI is InChI=1S/C15H23NO4S/c1-4-5-14(11-18)16(12(2)3)21(19,20)15-8-6-13(10-17)7-9-15/h4,6-9,12,14,17-18H,1,5,10-11H2,2-3H3/t14-/m0/s1. The minimum Gasteiger partial charge on any atom is -0.395 e. The van der Waals surface area contributed by atoms with Crippen molar-refractivity contribution in [3.63, 3.8) is 0 Å². The van der Waals surface area contributed by atoms with Crippen LogP contribution in [0.15, 0.2) is 41.8 Å². The maximum Gasteiger partial charge on any atom is 0.243 e. The van der Waals surface area contributed by atoms with Gasteiger partial charge >= 0.3 is 0 Å². The number of nitrogens with zero attached hydrogens (tertiary/aromatic N) is 1. The summed E-state index contributed by atoms with van der Waals surface area (Å²) in [6.45, 7) is 6.75. The predicted octanol–water partition coefficient (Wildman–Crippen LogP) is 1.52. The van der Waals surface area contributed by atoms with E-state index in [1.165, 1.54) is 16.4 Å². The molecule has 0 saturated carbocycles. The van der Waals surface area contributed by atoms with Crippen LogP contribution in [-0.2, 0) is 16.6 Å². The van der Waals surface area contributed by atoms with E-state index in [-0.39, 0.29) is 24.2 Å². The second kappa shape index (κ2) is 7.70. The van der Waals surface area contributed by atoms with Crippen LogP contribution < -0.4 is 0 Å². The van der Waals surface area contributed by atoms with Gasteiger partial charge in [0.05, 0.1) is 24.2 Å². The molecular weight excluding hydrogens is 290 g/mol. The van der Waals surface area contributed by atoms with Gasteiger partial charge in [-0.2, -0.15) is 4.31 Å². The highest BCUT2D eigenvalue weighted by Gasteiger charge is 2.32. The maximum atomic E-state index is 12.8. The van der Waals surface area contributed by atoms with Crippen LogP contribution in [0.5, 0.6) is 0 Å². The third-order valence-corrected chi connectivity index (χ3v) is 5.34. The number of sulfonamides is 1. The van der Waals surface area contributed by atoms with E-state index in [2.05, 4.69) is 6.58 Å². The Morgan fingerprint density at radius 1 is 1.24 bits per heavy atom. The maximum absolute atomic E-state index is 12.8. The number of aliphatic hydroxyl groups is 2. The van der Waals surface area contributed by atoms with Crippen molar-refractivity contribution in [3.8, 4) is 0 Å². The van der Waals surface area contributed by atoms with E-state index in [0.29, 0.717) is 12.0 Å². The average molecular weight is 313 g/mol. The Balaban J connectivity index is 3.23. The summed E-state index contributed by atoms with van der Waals surface area (Å²) in [6, 6.07) is 5.27. The Kier molecular flexibility index (Phi) is 6.54. The van der Waals surface area contributed by atoms with Crippen LogP contribution in [0.4, 0.5) is 0 Å². The van der Waals surface area contributed by atoms with Crippen LogP contribution in [-0.4, -0.2) is 41.6 Å². The molecule has 0 radical (unpaired) electrons. The van der Waals surface area contributed by atoms with Crippen molar-refractivity contribution in [2.45, 2.75) is 43.9 Å². The van der Waals surface area contributed by atoms with E-state index < -0.39 is 16.1 Å². The molecule has 0 bridgehead atoms. The van der Waals surface area contributed by atoms with Gasteiger partial charge in [0.15, 0.2) is 0 Å². The highest BCUT2D eigenvalue weighted by atomic mass is 32.2. The fourth-order valence-electron chi connectivity index (χ4n) is 2.24. The molecule has 0 aliphatic heterocycles. The summed E-state index contributed by atoms with van der Waals surface area (Å²) in [7, 11) is -3.71. The van der Waals surface area contributed by atoms with Gasteiger partial charge in [0, 0.05) is 6.04 Å². The number of rotatable bonds is 8. The monoisotopic (exact) mass is 313 g/mol. The average Bonchev–Trinajstić information content (AvgIpc) is 2.46. The van der Waals surface area contributed by atoms with E-state index in [9.17, 15) is 13.5 Å². The van der Waals surface area contributed by atoms with E-state index >= 15 is 0 Å². The molecule has 0 aliphatic rings. The summed E-state index contributed by atoms with van der Waals surface area (Å²) in [5, 5.41) is 18.5. The van der Waals surface area contributed by atoms with Gasteiger partial charge in [0.1, 0.15) is 0 Å². The molecule has 0 spiro atoms. The van der Waals surface area contributed by atoms with Gasteiger partial charge in [0.2, 0.25) is 10.0 Å². The summed E-state index contributed by atoms with van der Waals surface area (Å²) < 4.78 is 26.8. The van der Waals surface area contributed by atoms with Gasteiger partial charge in [-0.1, -0.05) is 18.2 Å². The van der Waals surface area contributed by atoms with Gasteiger partial charge in [-0.15, -0.1) is 6.58 Å². The Hall–Kier alpha value is -1.21. The van der Waals surface area contributed by atoms with Crippen molar-refractivity contribution in [2.24, 2.45) is 0 Å². The smallest absolute Gasteiger partial charge is 0.243 e. The quantitative estimate of drug-likeness (QED) is 0.713. The van der Waals surface area contributed by atoms with E-state index in [0.717, 1.165) is 0 Å². The first kappa shape index (κ1) is 17.8. The molecule has 0 amide bonds. The zero-order valence-electron chi connectivity index (χ0n) is 12.4. The fourth-order valence-corrected chi connectivity index (χ4v) is 4.06. The number of hydrogen-bond donors (Lipinski definition) is 2. The lowest BCUT2D eigenvalue weighted by molar-refractivity contribution is 0.169. The summed E-state index contributed by atoms with van der Waals surface area (Å²) in [5.74, 6) is 0. The summed E-state index contributed by atoms with van der Waals surface area (Å²) in [5.41, 5.74) is 0.648. The molecule has 0 saturated heterocycles. The molecule has 2 N–H and O–H groups in total. The lowest BCUT2D eigenvalue weighted by Crippen LogP contribution is -2.46. The molecule has 1 atom stereocenters. The Morgan fingerprint density at radius 3 is 2.19 bits per heavy atom. The first-order chi connectivity index (χ1) is 9.88. The normalized spacial score (nSPS) is 13.6. The highest BCUT2D eigenvalue weighted by molar-refractivity contribution is 7.89. The van der Waals surface area contributed by atoms with Crippen LogP contribution in [0.2, 0.25) is 0 Å². The van der Waals surface area contributed by atoms with Crippen molar-refractivity contribution < 1.29 is 18.6 Å². The van der Waals surface area contributed by atoms with Crippen LogP contribution in [0, 0.1) is 0 Å². The van der Waals surface area contributed by atoms with Crippen molar-refractivity contribution in [3.05, 3.63) is 42.5 Å². The van der Waals surface area contributed by atoms with E-state index in [1.54, 1.807) is 32.1 Å². The predicted molar refractivity (Wildman–Crippen MR) is 82.2 cm³/mol.